The van der Waals surface area contributed by atoms with E-state index in [2.05, 4.69) is 39.7 Å². The van der Waals surface area contributed by atoms with E-state index < -0.39 is 18.4 Å². The molecule has 4 N–H and O–H groups in total. The van der Waals surface area contributed by atoms with Gasteiger partial charge in [-0.2, -0.15) is 13.2 Å². The van der Waals surface area contributed by atoms with E-state index in [-0.39, 0.29) is 30.8 Å². The van der Waals surface area contributed by atoms with E-state index >= 15 is 0 Å². The Labute approximate surface area is 232 Å². The molecule has 5 aliphatic rings. The fourth-order valence-corrected chi connectivity index (χ4v) is 8.16. The highest BCUT2D eigenvalue weighted by Gasteiger charge is 2.51. The average Bonchev–Trinajstić information content (AvgIpc) is 3.44. The Balaban J connectivity index is 1.19. The number of ether oxygens (including phenoxy) is 1. The van der Waals surface area contributed by atoms with E-state index in [0.717, 1.165) is 44.7 Å². The number of likely N-dealkylation sites (N-methyl/N-ethyl adjacent to an activating group) is 1. The van der Waals surface area contributed by atoms with Gasteiger partial charge in [0.1, 0.15) is 18.4 Å². The molecule has 0 amide bonds. The summed E-state index contributed by atoms with van der Waals surface area (Å²) < 4.78 is 46.0. The number of nitrogens with one attached hydrogen (secondary N) is 4. The molecule has 0 bridgehead atoms. The number of guanidine groups is 1. The molecule has 0 radical (unpaired) electrons. The minimum absolute atomic E-state index is 0.0410. The normalized spacial score (nSPS) is 40.5. The molecule has 11 heteroatoms. The van der Waals surface area contributed by atoms with E-state index in [0.29, 0.717) is 30.3 Å². The van der Waals surface area contributed by atoms with Gasteiger partial charge in [0.2, 0.25) is 0 Å². The van der Waals surface area contributed by atoms with E-state index in [1.165, 1.54) is 25.7 Å². The van der Waals surface area contributed by atoms with Gasteiger partial charge in [-0.05, 0) is 69.1 Å². The lowest BCUT2D eigenvalue weighted by Gasteiger charge is -2.46. The van der Waals surface area contributed by atoms with Gasteiger partial charge in [-0.1, -0.05) is 26.7 Å². The molecule has 3 saturated heterocycles. The number of hydrazine groups is 1. The van der Waals surface area contributed by atoms with E-state index in [1.807, 2.05) is 14.0 Å². The van der Waals surface area contributed by atoms with Gasteiger partial charge in [-0.3, -0.25) is 16.0 Å². The van der Waals surface area contributed by atoms with Crippen LogP contribution < -0.4 is 16.1 Å². The molecule has 2 saturated carbocycles. The molecule has 7 unspecified atom stereocenters. The summed E-state index contributed by atoms with van der Waals surface area (Å²) in [5.74, 6) is 3.01. The van der Waals surface area contributed by atoms with Gasteiger partial charge in [0.15, 0.2) is 5.96 Å². The molecule has 8 nitrogen and oxygen atoms in total. The molecule has 5 rings (SSSR count). The summed E-state index contributed by atoms with van der Waals surface area (Å²) in [5, 5.41) is 18.4. The molecule has 39 heavy (non-hydrogen) atoms. The average molecular weight is 558 g/mol. The van der Waals surface area contributed by atoms with Crippen molar-refractivity contribution in [2.45, 2.75) is 121 Å². The van der Waals surface area contributed by atoms with Crippen LogP contribution in [-0.4, -0.2) is 90.4 Å². The Morgan fingerprint density at radius 2 is 1.79 bits per heavy atom. The summed E-state index contributed by atoms with van der Waals surface area (Å²) in [7, 11) is 2.03. The van der Waals surface area contributed by atoms with Crippen LogP contribution in [0.3, 0.4) is 0 Å². The predicted molar refractivity (Wildman–Crippen MR) is 146 cm³/mol. The van der Waals surface area contributed by atoms with Crippen molar-refractivity contribution in [2.24, 2.45) is 23.7 Å². The molecule has 224 valence electrons. The number of nitrogens with zero attached hydrogens (tertiary/aromatic N) is 3. The Kier molecular flexibility index (Phi) is 9.03. The Hall–Kier alpha value is -1.14. The highest BCUT2D eigenvalue weighted by atomic mass is 19.4. The Morgan fingerprint density at radius 1 is 1.08 bits per heavy atom. The Bertz CT molecular complexity index is 836. The molecule has 0 aromatic rings. The molecule has 5 fully saturated rings. The Morgan fingerprint density at radius 3 is 2.46 bits per heavy atom. The number of alkyl halides is 3. The third-order valence-electron chi connectivity index (χ3n) is 10.3. The second-order valence-corrected chi connectivity index (χ2v) is 13.0. The van der Waals surface area contributed by atoms with Crippen molar-refractivity contribution in [3.05, 3.63) is 0 Å². The van der Waals surface area contributed by atoms with Gasteiger partial charge in [0, 0.05) is 39.2 Å². The standard InChI is InChI=1S/C28H50F3N7O/c1-5-39-24-14-23(28(29,30)31)35-38(24)19-12-10-18(11-13-19)16-37-26-22(36(4)27(37)32)15-33-25(34-26)21-9-7-6-8-20(21)17(2)3/h17-26,32-35H,5-16H2,1-4H3. The fourth-order valence-electron chi connectivity index (χ4n) is 8.16. The first kappa shape index (κ1) is 29.4. The molecule has 0 aromatic heterocycles. The third kappa shape index (κ3) is 6.08. The summed E-state index contributed by atoms with van der Waals surface area (Å²) in [6.07, 6.45) is 4.29. The van der Waals surface area contributed by atoms with E-state index in [1.54, 1.807) is 5.01 Å². The molecular weight excluding hydrogens is 507 g/mol. The molecule has 0 aromatic carbocycles. The first-order valence-corrected chi connectivity index (χ1v) is 15.4. The van der Waals surface area contributed by atoms with Crippen molar-refractivity contribution in [1.29, 1.82) is 5.41 Å². The zero-order valence-corrected chi connectivity index (χ0v) is 24.1. The topological polar surface area (TPSA) is 78.9 Å². The van der Waals surface area contributed by atoms with Crippen molar-refractivity contribution >= 4 is 5.96 Å². The maximum atomic E-state index is 13.4. The smallest absolute Gasteiger partial charge is 0.362 e. The largest absolute Gasteiger partial charge is 0.405 e. The van der Waals surface area contributed by atoms with Crippen molar-refractivity contribution in [3.63, 3.8) is 0 Å². The maximum absolute atomic E-state index is 13.4. The van der Waals surface area contributed by atoms with E-state index in [4.69, 9.17) is 10.1 Å². The SMILES string of the molecule is CCOC1CC(C(F)(F)F)NN1C1CCC(CN2C(=N)N(C)C3CNC(C4CCCCC4C(C)C)NC32)CC1. The van der Waals surface area contributed by atoms with Crippen LogP contribution >= 0.6 is 0 Å². The number of hydrogen-bond donors (Lipinski definition) is 4. The summed E-state index contributed by atoms with van der Waals surface area (Å²) in [4.78, 5) is 4.37. The van der Waals surface area contributed by atoms with Crippen molar-refractivity contribution < 1.29 is 17.9 Å². The van der Waals surface area contributed by atoms with Crippen LogP contribution in [0, 0.1) is 29.1 Å². The molecule has 2 aliphatic carbocycles. The predicted octanol–water partition coefficient (Wildman–Crippen LogP) is 3.91. The molecule has 0 spiro atoms. The van der Waals surface area contributed by atoms with Crippen LogP contribution in [-0.2, 0) is 4.74 Å². The van der Waals surface area contributed by atoms with Crippen LogP contribution in [0.5, 0.6) is 0 Å². The zero-order chi connectivity index (χ0) is 27.9. The lowest BCUT2D eigenvalue weighted by atomic mass is 9.71. The number of rotatable bonds is 7. The number of hydrogen-bond acceptors (Lipinski definition) is 6. The summed E-state index contributed by atoms with van der Waals surface area (Å²) in [6.45, 7) is 8.65. The molecule has 7 atom stereocenters. The first-order valence-electron chi connectivity index (χ1n) is 15.4. The summed E-state index contributed by atoms with van der Waals surface area (Å²) in [5.41, 5.74) is 2.74. The lowest BCUT2D eigenvalue weighted by Crippen LogP contribution is -2.67. The van der Waals surface area contributed by atoms with Gasteiger partial charge in [0.25, 0.3) is 0 Å². The van der Waals surface area contributed by atoms with Crippen molar-refractivity contribution in [2.75, 3.05) is 26.7 Å². The molecule has 3 heterocycles. The van der Waals surface area contributed by atoms with Gasteiger partial charge in [-0.25, -0.2) is 10.4 Å². The monoisotopic (exact) mass is 557 g/mol. The van der Waals surface area contributed by atoms with Gasteiger partial charge >= 0.3 is 6.18 Å². The molecule has 3 aliphatic heterocycles. The maximum Gasteiger partial charge on any atom is 0.405 e. The zero-order valence-electron chi connectivity index (χ0n) is 24.1. The van der Waals surface area contributed by atoms with Crippen LogP contribution in [0.2, 0.25) is 0 Å². The number of fused-ring (bicyclic) bond motifs is 1. The highest BCUT2D eigenvalue weighted by molar-refractivity contribution is 5.80. The van der Waals surface area contributed by atoms with Gasteiger partial charge in [-0.15, -0.1) is 0 Å². The highest BCUT2D eigenvalue weighted by Crippen LogP contribution is 2.39. The van der Waals surface area contributed by atoms with Crippen LogP contribution in [0.4, 0.5) is 13.2 Å². The van der Waals surface area contributed by atoms with Crippen molar-refractivity contribution in [1.82, 2.24) is 30.9 Å². The van der Waals surface area contributed by atoms with E-state index in [9.17, 15) is 13.2 Å². The number of halogens is 3. The van der Waals surface area contributed by atoms with Crippen LogP contribution in [0.15, 0.2) is 0 Å². The second kappa shape index (κ2) is 12.0. The third-order valence-corrected chi connectivity index (χ3v) is 10.3. The van der Waals surface area contributed by atoms with Gasteiger partial charge < -0.3 is 14.5 Å². The van der Waals surface area contributed by atoms with Gasteiger partial charge in [0.05, 0.1) is 12.2 Å². The van der Waals surface area contributed by atoms with Crippen LogP contribution in [0.25, 0.3) is 0 Å². The summed E-state index contributed by atoms with van der Waals surface area (Å²) in [6, 6.07) is -1.27. The van der Waals surface area contributed by atoms with Crippen molar-refractivity contribution in [3.8, 4) is 0 Å². The fraction of sp³-hybridized carbons (Fsp3) is 0.964. The quantitative estimate of drug-likeness (QED) is 0.378. The summed E-state index contributed by atoms with van der Waals surface area (Å²) >= 11 is 0. The first-order chi connectivity index (χ1) is 18.6. The lowest BCUT2D eigenvalue weighted by molar-refractivity contribution is -0.158. The minimum Gasteiger partial charge on any atom is -0.362 e. The minimum atomic E-state index is -4.27. The van der Waals surface area contributed by atoms with Crippen LogP contribution in [0.1, 0.15) is 78.6 Å². The second-order valence-electron chi connectivity index (χ2n) is 13.0. The molecular formula is C28H50F3N7O.